The molecule has 0 unspecified atom stereocenters. The Hall–Kier alpha value is -1.95. The largest absolute Gasteiger partial charge is 0.325 e. The molecule has 3 aliphatic rings. The Balaban J connectivity index is 1.59. The van der Waals surface area contributed by atoms with Crippen LogP contribution in [0.2, 0.25) is 10.0 Å². The second-order valence-electron chi connectivity index (χ2n) is 10.2. The van der Waals surface area contributed by atoms with Gasteiger partial charge in [0.1, 0.15) is 5.82 Å². The summed E-state index contributed by atoms with van der Waals surface area (Å²) in [6, 6.07) is 9.31. The van der Waals surface area contributed by atoms with Crippen LogP contribution in [-0.4, -0.2) is 24.3 Å². The van der Waals surface area contributed by atoms with Gasteiger partial charge in [0.15, 0.2) is 5.78 Å². The van der Waals surface area contributed by atoms with Crippen molar-refractivity contribution < 1.29 is 14.0 Å². The third kappa shape index (κ3) is 3.28. The summed E-state index contributed by atoms with van der Waals surface area (Å²) in [7, 11) is 0. The molecule has 32 heavy (non-hydrogen) atoms. The van der Waals surface area contributed by atoms with E-state index in [2.05, 4.69) is 24.5 Å². The fraction of sp³-hybridized carbons (Fsp3) is 0.440. The van der Waals surface area contributed by atoms with Crippen LogP contribution < -0.4 is 10.6 Å². The van der Waals surface area contributed by atoms with Crippen LogP contribution in [0.25, 0.3) is 0 Å². The van der Waals surface area contributed by atoms with E-state index in [9.17, 15) is 9.59 Å². The number of carbonyl (C=O) groups is 2. The molecule has 2 fully saturated rings. The van der Waals surface area contributed by atoms with E-state index in [-0.39, 0.29) is 34.2 Å². The molecule has 3 atom stereocenters. The van der Waals surface area contributed by atoms with Crippen LogP contribution in [-0.2, 0) is 15.0 Å². The van der Waals surface area contributed by atoms with Crippen molar-refractivity contribution in [3.8, 4) is 0 Å². The van der Waals surface area contributed by atoms with Gasteiger partial charge in [-0.2, -0.15) is 0 Å². The molecule has 1 saturated carbocycles. The standard InChI is InChI=1S/C25H25Cl2FN2O2/c1-24(2)10-13(11-24)8-19(31)22-20(15-4-3-5-17(27)21(15)28)25(12-29-22)16-7-6-14(26)9-18(16)30-23(25)32/h3-7,9,13,20,22,29H,8,10-12H2,1-2H3,(H,30,32)/t20-,22-,25-/m0/s1. The van der Waals surface area contributed by atoms with Crippen molar-refractivity contribution >= 4 is 40.6 Å². The number of amides is 1. The quantitative estimate of drug-likeness (QED) is 0.617. The van der Waals surface area contributed by atoms with Crippen LogP contribution in [0, 0.1) is 17.2 Å². The number of nitrogens with one attached hydrogen (secondary N) is 2. The maximum atomic E-state index is 15.3. The van der Waals surface area contributed by atoms with Crippen molar-refractivity contribution in [3.63, 3.8) is 0 Å². The summed E-state index contributed by atoms with van der Waals surface area (Å²) < 4.78 is 15.3. The SMILES string of the molecule is CC1(C)CC(CC(=O)[C@@H]2NC[C@@]3(C(=O)Nc4cc(Cl)ccc43)[C@H]2c2cccc(Cl)c2F)C1. The molecular formula is C25H25Cl2FN2O2. The van der Waals surface area contributed by atoms with Crippen LogP contribution in [0.5, 0.6) is 0 Å². The van der Waals surface area contributed by atoms with Gasteiger partial charge in [0.05, 0.1) is 16.5 Å². The average Bonchev–Trinajstić information content (AvgIpc) is 3.22. The van der Waals surface area contributed by atoms with Gasteiger partial charge in [-0.25, -0.2) is 4.39 Å². The summed E-state index contributed by atoms with van der Waals surface area (Å²) in [5.74, 6) is -1.22. The van der Waals surface area contributed by atoms with Crippen molar-refractivity contribution in [2.75, 3.05) is 11.9 Å². The smallest absolute Gasteiger partial charge is 0.237 e. The maximum absolute atomic E-state index is 15.3. The number of rotatable bonds is 4. The van der Waals surface area contributed by atoms with E-state index in [4.69, 9.17) is 23.2 Å². The molecule has 2 aromatic carbocycles. The summed E-state index contributed by atoms with van der Waals surface area (Å²) >= 11 is 12.3. The minimum Gasteiger partial charge on any atom is -0.325 e. The molecule has 7 heteroatoms. The fourth-order valence-corrected chi connectivity index (χ4v) is 6.55. The normalized spacial score (nSPS) is 28.5. The van der Waals surface area contributed by atoms with Crippen LogP contribution in [0.3, 0.4) is 0 Å². The van der Waals surface area contributed by atoms with Gasteiger partial charge in [-0.3, -0.25) is 9.59 Å². The first-order chi connectivity index (χ1) is 15.1. The van der Waals surface area contributed by atoms with Crippen LogP contribution >= 0.6 is 23.2 Å². The summed E-state index contributed by atoms with van der Waals surface area (Å²) in [4.78, 5) is 26.9. The van der Waals surface area contributed by atoms with Gasteiger partial charge in [0, 0.05) is 29.6 Å². The lowest BCUT2D eigenvalue weighted by Gasteiger charge is -2.43. The van der Waals surface area contributed by atoms with E-state index < -0.39 is 23.2 Å². The Bertz CT molecular complexity index is 1130. The number of anilines is 1. The van der Waals surface area contributed by atoms with E-state index in [1.165, 1.54) is 6.07 Å². The molecule has 4 nitrogen and oxygen atoms in total. The molecule has 2 N–H and O–H groups in total. The van der Waals surface area contributed by atoms with E-state index in [0.29, 0.717) is 23.0 Å². The molecule has 2 heterocycles. The third-order valence-electron chi connectivity index (χ3n) is 7.42. The molecule has 0 radical (unpaired) electrons. The molecule has 1 spiro atoms. The summed E-state index contributed by atoms with van der Waals surface area (Å²) in [6.45, 7) is 4.63. The first-order valence-corrected chi connectivity index (χ1v) is 11.7. The highest BCUT2D eigenvalue weighted by atomic mass is 35.5. The molecule has 5 rings (SSSR count). The van der Waals surface area contributed by atoms with Crippen molar-refractivity contribution in [2.24, 2.45) is 11.3 Å². The van der Waals surface area contributed by atoms with E-state index >= 15 is 4.39 Å². The van der Waals surface area contributed by atoms with Crippen LogP contribution in [0.1, 0.15) is 50.2 Å². The van der Waals surface area contributed by atoms with Crippen LogP contribution in [0.15, 0.2) is 36.4 Å². The lowest BCUT2D eigenvalue weighted by molar-refractivity contribution is -0.124. The number of hydrogen-bond acceptors (Lipinski definition) is 3. The molecule has 1 aliphatic carbocycles. The zero-order valence-electron chi connectivity index (χ0n) is 18.0. The Morgan fingerprint density at radius 3 is 2.66 bits per heavy atom. The summed E-state index contributed by atoms with van der Waals surface area (Å²) in [6.07, 6.45) is 2.41. The first-order valence-electron chi connectivity index (χ1n) is 10.9. The Morgan fingerprint density at radius 2 is 1.94 bits per heavy atom. The maximum Gasteiger partial charge on any atom is 0.237 e. The third-order valence-corrected chi connectivity index (χ3v) is 7.94. The monoisotopic (exact) mass is 474 g/mol. The molecular weight excluding hydrogens is 450 g/mol. The second-order valence-corrected chi connectivity index (χ2v) is 11.0. The zero-order valence-corrected chi connectivity index (χ0v) is 19.5. The van der Waals surface area contributed by atoms with E-state index in [0.717, 1.165) is 18.4 Å². The topological polar surface area (TPSA) is 58.2 Å². The van der Waals surface area contributed by atoms with Gasteiger partial charge in [-0.05, 0) is 53.5 Å². The Morgan fingerprint density at radius 1 is 1.19 bits per heavy atom. The highest BCUT2D eigenvalue weighted by Gasteiger charge is 2.61. The Labute approximate surface area is 196 Å². The summed E-state index contributed by atoms with van der Waals surface area (Å²) in [5.41, 5.74) is 0.754. The molecule has 1 saturated heterocycles. The Kier molecular flexibility index (Phi) is 5.16. The van der Waals surface area contributed by atoms with Crippen molar-refractivity contribution in [2.45, 2.75) is 50.5 Å². The minimum absolute atomic E-state index is 0.0157. The average molecular weight is 475 g/mol. The van der Waals surface area contributed by atoms with Gasteiger partial charge >= 0.3 is 0 Å². The van der Waals surface area contributed by atoms with Gasteiger partial charge < -0.3 is 10.6 Å². The number of fused-ring (bicyclic) bond motifs is 2. The molecule has 0 bridgehead atoms. The van der Waals surface area contributed by atoms with E-state index in [1.807, 2.05) is 0 Å². The molecule has 2 aromatic rings. The molecule has 168 valence electrons. The summed E-state index contributed by atoms with van der Waals surface area (Å²) in [5, 5.41) is 6.68. The van der Waals surface area contributed by atoms with Crippen LogP contribution in [0.4, 0.5) is 10.1 Å². The molecule has 2 aliphatic heterocycles. The van der Waals surface area contributed by atoms with Gasteiger partial charge in [-0.15, -0.1) is 0 Å². The van der Waals surface area contributed by atoms with Gasteiger partial charge in [-0.1, -0.05) is 55.2 Å². The zero-order chi connectivity index (χ0) is 22.8. The van der Waals surface area contributed by atoms with Crippen molar-refractivity contribution in [1.82, 2.24) is 5.32 Å². The number of benzene rings is 2. The minimum atomic E-state index is -1.12. The van der Waals surface area contributed by atoms with Gasteiger partial charge in [0.2, 0.25) is 5.91 Å². The number of hydrogen-bond donors (Lipinski definition) is 2. The number of Topliss-reactive ketones (excluding diaryl/α,β-unsaturated/α-hetero) is 1. The predicted molar refractivity (Wildman–Crippen MR) is 124 cm³/mol. The lowest BCUT2D eigenvalue weighted by atomic mass is 9.62. The number of halogens is 3. The lowest BCUT2D eigenvalue weighted by Crippen LogP contribution is -2.44. The van der Waals surface area contributed by atoms with Gasteiger partial charge in [0.25, 0.3) is 0 Å². The molecule has 0 aromatic heterocycles. The van der Waals surface area contributed by atoms with Crippen molar-refractivity contribution in [1.29, 1.82) is 0 Å². The highest BCUT2D eigenvalue weighted by Crippen LogP contribution is 2.54. The second kappa shape index (κ2) is 7.54. The fourth-order valence-electron chi connectivity index (χ4n) is 6.20. The molecule has 1 amide bonds. The highest BCUT2D eigenvalue weighted by molar-refractivity contribution is 6.31. The number of ketones is 1. The van der Waals surface area contributed by atoms with E-state index in [1.54, 1.807) is 30.3 Å². The number of carbonyl (C=O) groups excluding carboxylic acids is 2. The van der Waals surface area contributed by atoms with Crippen molar-refractivity contribution in [3.05, 3.63) is 63.4 Å². The predicted octanol–water partition coefficient (Wildman–Crippen LogP) is 5.47. The first kappa shape index (κ1) is 21.9.